The first-order valence-electron chi connectivity index (χ1n) is 6.19. The number of carbonyl (C=O) groups is 2. The van der Waals surface area contributed by atoms with E-state index >= 15 is 0 Å². The standard InChI is InChI=1S/C12H21NO4/c1-4-8(3)13(5-2)11(14)9-6-7-10(17-9)12(15)16/h8-10H,4-7H2,1-3H3,(H,15,16). The molecule has 1 amide bonds. The van der Waals surface area contributed by atoms with Crippen molar-refractivity contribution in [1.82, 2.24) is 4.90 Å². The Labute approximate surface area is 102 Å². The highest BCUT2D eigenvalue weighted by molar-refractivity contribution is 5.83. The van der Waals surface area contributed by atoms with Gasteiger partial charge in [0.15, 0.2) is 6.10 Å². The highest BCUT2D eigenvalue weighted by Gasteiger charge is 2.37. The number of rotatable bonds is 5. The van der Waals surface area contributed by atoms with Gasteiger partial charge >= 0.3 is 5.97 Å². The zero-order valence-corrected chi connectivity index (χ0v) is 10.7. The molecule has 1 aliphatic heterocycles. The summed E-state index contributed by atoms with van der Waals surface area (Å²) < 4.78 is 5.27. The summed E-state index contributed by atoms with van der Waals surface area (Å²) in [6.45, 7) is 6.57. The lowest BCUT2D eigenvalue weighted by Crippen LogP contribution is -2.44. The van der Waals surface area contributed by atoms with Crippen LogP contribution in [0.25, 0.3) is 0 Å². The number of carboxylic acids is 1. The molecule has 0 bridgehead atoms. The van der Waals surface area contributed by atoms with Crippen molar-refractivity contribution in [3.05, 3.63) is 0 Å². The molecular weight excluding hydrogens is 222 g/mol. The SMILES string of the molecule is CCC(C)N(CC)C(=O)C1CCC(C(=O)O)O1. The summed E-state index contributed by atoms with van der Waals surface area (Å²) in [6.07, 6.45) is 0.408. The van der Waals surface area contributed by atoms with Crippen LogP contribution in [0.5, 0.6) is 0 Å². The van der Waals surface area contributed by atoms with Crippen molar-refractivity contribution in [3.8, 4) is 0 Å². The van der Waals surface area contributed by atoms with Crippen molar-refractivity contribution in [2.45, 2.75) is 58.3 Å². The molecule has 0 aromatic carbocycles. The molecule has 0 aromatic heterocycles. The van der Waals surface area contributed by atoms with Crippen molar-refractivity contribution in [2.24, 2.45) is 0 Å². The lowest BCUT2D eigenvalue weighted by atomic mass is 10.1. The van der Waals surface area contributed by atoms with Gasteiger partial charge in [-0.3, -0.25) is 4.79 Å². The summed E-state index contributed by atoms with van der Waals surface area (Å²) in [5, 5.41) is 8.81. The second kappa shape index (κ2) is 6.00. The molecular formula is C12H21NO4. The van der Waals surface area contributed by atoms with Crippen LogP contribution >= 0.6 is 0 Å². The monoisotopic (exact) mass is 243 g/mol. The van der Waals surface area contributed by atoms with Crippen molar-refractivity contribution in [3.63, 3.8) is 0 Å². The molecule has 1 fully saturated rings. The summed E-state index contributed by atoms with van der Waals surface area (Å²) in [4.78, 5) is 24.7. The largest absolute Gasteiger partial charge is 0.479 e. The third kappa shape index (κ3) is 3.19. The quantitative estimate of drug-likeness (QED) is 0.789. The number of hydrogen-bond acceptors (Lipinski definition) is 3. The molecule has 3 unspecified atom stereocenters. The first-order chi connectivity index (χ1) is 8.01. The molecule has 0 aromatic rings. The fourth-order valence-corrected chi connectivity index (χ4v) is 2.09. The van der Waals surface area contributed by atoms with Gasteiger partial charge in [-0.1, -0.05) is 6.92 Å². The molecule has 1 aliphatic rings. The van der Waals surface area contributed by atoms with E-state index in [-0.39, 0.29) is 11.9 Å². The molecule has 17 heavy (non-hydrogen) atoms. The van der Waals surface area contributed by atoms with E-state index in [0.29, 0.717) is 19.4 Å². The van der Waals surface area contributed by atoms with E-state index in [1.54, 1.807) is 4.90 Å². The first kappa shape index (κ1) is 14.0. The molecule has 0 spiro atoms. The van der Waals surface area contributed by atoms with Crippen LogP contribution in [0.2, 0.25) is 0 Å². The summed E-state index contributed by atoms with van der Waals surface area (Å²) in [5.74, 6) is -1.06. The number of aliphatic carboxylic acids is 1. The van der Waals surface area contributed by atoms with Gasteiger partial charge in [0.2, 0.25) is 0 Å². The fraction of sp³-hybridized carbons (Fsp3) is 0.833. The second-order valence-electron chi connectivity index (χ2n) is 4.41. The van der Waals surface area contributed by atoms with Crippen molar-refractivity contribution >= 4 is 11.9 Å². The minimum atomic E-state index is -0.980. The number of carboxylic acid groups (broad SMARTS) is 1. The van der Waals surface area contributed by atoms with E-state index in [2.05, 4.69) is 0 Å². The molecule has 1 saturated heterocycles. The molecule has 0 radical (unpaired) electrons. The molecule has 5 heteroatoms. The van der Waals surface area contributed by atoms with E-state index in [4.69, 9.17) is 9.84 Å². The summed E-state index contributed by atoms with van der Waals surface area (Å²) in [5.41, 5.74) is 0. The van der Waals surface area contributed by atoms with Gasteiger partial charge in [-0.05, 0) is 33.1 Å². The number of ether oxygens (including phenoxy) is 1. The van der Waals surface area contributed by atoms with Gasteiger partial charge in [-0.25, -0.2) is 4.79 Å². The van der Waals surface area contributed by atoms with Crippen LogP contribution in [0, 0.1) is 0 Å². The highest BCUT2D eigenvalue weighted by atomic mass is 16.5. The Morgan fingerprint density at radius 2 is 1.94 bits per heavy atom. The number of carbonyl (C=O) groups excluding carboxylic acids is 1. The topological polar surface area (TPSA) is 66.8 Å². The Kier molecular flexibility index (Phi) is 4.93. The molecule has 3 atom stereocenters. The smallest absolute Gasteiger partial charge is 0.332 e. The first-order valence-corrected chi connectivity index (χ1v) is 6.19. The number of amides is 1. The Morgan fingerprint density at radius 3 is 2.35 bits per heavy atom. The molecule has 0 saturated carbocycles. The van der Waals surface area contributed by atoms with Crippen LogP contribution in [0.3, 0.4) is 0 Å². The van der Waals surface area contributed by atoms with E-state index in [9.17, 15) is 9.59 Å². The number of hydrogen-bond donors (Lipinski definition) is 1. The van der Waals surface area contributed by atoms with Gasteiger partial charge in [0.05, 0.1) is 0 Å². The zero-order valence-electron chi connectivity index (χ0n) is 10.7. The maximum Gasteiger partial charge on any atom is 0.332 e. The van der Waals surface area contributed by atoms with Gasteiger partial charge in [0.1, 0.15) is 6.10 Å². The van der Waals surface area contributed by atoms with Gasteiger partial charge in [-0.2, -0.15) is 0 Å². The molecule has 1 heterocycles. The maximum atomic E-state index is 12.2. The van der Waals surface area contributed by atoms with Gasteiger partial charge in [-0.15, -0.1) is 0 Å². The second-order valence-corrected chi connectivity index (χ2v) is 4.41. The van der Waals surface area contributed by atoms with Crippen molar-refractivity contribution in [1.29, 1.82) is 0 Å². The minimum absolute atomic E-state index is 0.0781. The Bertz CT molecular complexity index is 292. The highest BCUT2D eigenvalue weighted by Crippen LogP contribution is 2.22. The van der Waals surface area contributed by atoms with E-state index in [1.165, 1.54) is 0 Å². The van der Waals surface area contributed by atoms with Crippen LogP contribution in [-0.4, -0.2) is 46.7 Å². The van der Waals surface area contributed by atoms with Crippen LogP contribution in [0.1, 0.15) is 40.0 Å². The lowest BCUT2D eigenvalue weighted by Gasteiger charge is -2.29. The molecule has 1 N–H and O–H groups in total. The molecule has 98 valence electrons. The maximum absolute atomic E-state index is 12.2. The third-order valence-corrected chi connectivity index (χ3v) is 3.32. The Balaban J connectivity index is 2.61. The van der Waals surface area contributed by atoms with E-state index in [0.717, 1.165) is 6.42 Å². The van der Waals surface area contributed by atoms with Crippen molar-refractivity contribution < 1.29 is 19.4 Å². The van der Waals surface area contributed by atoms with Crippen LogP contribution in [0.15, 0.2) is 0 Å². The Morgan fingerprint density at radius 1 is 1.35 bits per heavy atom. The van der Waals surface area contributed by atoms with Crippen LogP contribution < -0.4 is 0 Å². The predicted molar refractivity (Wildman–Crippen MR) is 62.7 cm³/mol. The minimum Gasteiger partial charge on any atom is -0.479 e. The fourth-order valence-electron chi connectivity index (χ4n) is 2.09. The van der Waals surface area contributed by atoms with E-state index < -0.39 is 18.2 Å². The summed E-state index contributed by atoms with van der Waals surface area (Å²) in [6, 6.07) is 0.167. The predicted octanol–water partition coefficient (Wildman–Crippen LogP) is 1.27. The van der Waals surface area contributed by atoms with E-state index in [1.807, 2.05) is 20.8 Å². The molecule has 0 aliphatic carbocycles. The van der Waals surface area contributed by atoms with Crippen LogP contribution in [-0.2, 0) is 14.3 Å². The van der Waals surface area contributed by atoms with Crippen molar-refractivity contribution in [2.75, 3.05) is 6.54 Å². The number of nitrogens with zero attached hydrogens (tertiary/aromatic N) is 1. The average Bonchev–Trinajstić information content (AvgIpc) is 2.78. The van der Waals surface area contributed by atoms with Gasteiger partial charge in [0, 0.05) is 12.6 Å². The van der Waals surface area contributed by atoms with Gasteiger partial charge in [0.25, 0.3) is 5.91 Å². The molecule has 5 nitrogen and oxygen atoms in total. The normalized spacial score (nSPS) is 25.6. The summed E-state index contributed by atoms with van der Waals surface area (Å²) >= 11 is 0. The summed E-state index contributed by atoms with van der Waals surface area (Å²) in [7, 11) is 0. The van der Waals surface area contributed by atoms with Crippen LogP contribution in [0.4, 0.5) is 0 Å². The lowest BCUT2D eigenvalue weighted by molar-refractivity contribution is -0.155. The zero-order chi connectivity index (χ0) is 13.0. The number of likely N-dealkylation sites (N-methyl/N-ethyl adjacent to an activating group) is 1. The van der Waals surface area contributed by atoms with Gasteiger partial charge < -0.3 is 14.7 Å². The Hall–Kier alpha value is -1.10. The molecule has 1 rings (SSSR count). The third-order valence-electron chi connectivity index (χ3n) is 3.32. The average molecular weight is 243 g/mol.